The Morgan fingerprint density at radius 1 is 1.47 bits per heavy atom. The predicted molar refractivity (Wildman–Crippen MR) is 57.3 cm³/mol. The summed E-state index contributed by atoms with van der Waals surface area (Å²) >= 11 is 5.01. The smallest absolute Gasteiger partial charge is 0.150 e. The predicted octanol–water partition coefficient (Wildman–Crippen LogP) is 2.65. The number of nitrogens with zero attached hydrogens (tertiary/aromatic N) is 2. The number of rotatable bonds is 1. The summed E-state index contributed by atoms with van der Waals surface area (Å²) in [6, 6.07) is 1.60. The molecule has 76 valence electrons. The minimum Gasteiger partial charge on any atom is -0.345 e. The molecule has 0 aliphatic carbocycles. The highest BCUT2D eigenvalue weighted by Gasteiger charge is 2.08. The van der Waals surface area contributed by atoms with Gasteiger partial charge in [-0.15, -0.1) is 0 Å². The topological polar surface area (TPSA) is 41.6 Å². The molecule has 2 aromatic heterocycles. The van der Waals surface area contributed by atoms with Crippen LogP contribution in [0.25, 0.3) is 11.3 Å². The third-order valence-corrected chi connectivity index (χ3v) is 2.54. The van der Waals surface area contributed by atoms with E-state index in [0.717, 1.165) is 5.56 Å². The number of hydrogen-bond donors (Lipinski definition) is 1. The molecule has 5 heteroatoms. The van der Waals surface area contributed by atoms with Gasteiger partial charge < -0.3 is 4.98 Å². The lowest BCUT2D eigenvalue weighted by Gasteiger charge is -2.05. The Morgan fingerprint density at radius 2 is 2.27 bits per heavy atom. The van der Waals surface area contributed by atoms with Crippen LogP contribution in [0.5, 0.6) is 0 Å². The summed E-state index contributed by atoms with van der Waals surface area (Å²) in [7, 11) is 0. The normalized spacial score (nSPS) is 10.3. The van der Waals surface area contributed by atoms with Crippen molar-refractivity contribution >= 4 is 12.2 Å². The zero-order valence-corrected chi connectivity index (χ0v) is 8.81. The van der Waals surface area contributed by atoms with Crippen LogP contribution >= 0.6 is 12.2 Å². The van der Waals surface area contributed by atoms with Crippen molar-refractivity contribution in [1.82, 2.24) is 15.0 Å². The van der Waals surface area contributed by atoms with Gasteiger partial charge in [-0.05, 0) is 13.0 Å². The van der Waals surface area contributed by atoms with Crippen molar-refractivity contribution in [3.8, 4) is 11.3 Å². The summed E-state index contributed by atoms with van der Waals surface area (Å²) in [5, 5.41) is 0. The Bertz CT molecular complexity index is 550. The quantitative estimate of drug-likeness (QED) is 0.753. The molecule has 15 heavy (non-hydrogen) atoms. The number of hydrogen-bond acceptors (Lipinski definition) is 3. The van der Waals surface area contributed by atoms with Crippen molar-refractivity contribution in [3.05, 3.63) is 40.8 Å². The van der Waals surface area contributed by atoms with Crippen LogP contribution in [0, 0.1) is 17.4 Å². The van der Waals surface area contributed by atoms with E-state index in [0.29, 0.717) is 15.9 Å². The van der Waals surface area contributed by atoms with Gasteiger partial charge in [0.05, 0.1) is 18.2 Å². The molecule has 3 nitrogen and oxygen atoms in total. The molecular formula is C10H8FN3S. The van der Waals surface area contributed by atoms with Gasteiger partial charge in [0.15, 0.2) is 5.82 Å². The first-order valence-electron chi connectivity index (χ1n) is 4.34. The molecule has 0 unspecified atom stereocenters. The van der Waals surface area contributed by atoms with E-state index in [1.807, 2.05) is 0 Å². The van der Waals surface area contributed by atoms with Crippen LogP contribution in [0.2, 0.25) is 0 Å². The number of aromatic amines is 1. The van der Waals surface area contributed by atoms with E-state index in [2.05, 4.69) is 15.0 Å². The maximum absolute atomic E-state index is 13.5. The number of pyridine rings is 1. The lowest BCUT2D eigenvalue weighted by atomic mass is 10.1. The van der Waals surface area contributed by atoms with E-state index in [1.54, 1.807) is 13.0 Å². The number of H-pyrrole nitrogens is 1. The summed E-state index contributed by atoms with van der Waals surface area (Å²) in [4.78, 5) is 10.5. The van der Waals surface area contributed by atoms with E-state index in [1.165, 1.54) is 18.7 Å². The van der Waals surface area contributed by atoms with E-state index >= 15 is 0 Å². The van der Waals surface area contributed by atoms with Gasteiger partial charge in [0.1, 0.15) is 4.64 Å². The second kappa shape index (κ2) is 3.86. The third-order valence-electron chi connectivity index (χ3n) is 2.13. The van der Waals surface area contributed by atoms with Crippen molar-refractivity contribution in [2.24, 2.45) is 0 Å². The standard InChI is InChI=1S/C10H8FN3S/c1-6-9(13-5-14-10(6)15)7-2-3-12-4-8(7)11/h2-5H,1H3,(H,13,14,15). The SMILES string of the molecule is Cc1c(-c2ccncc2F)[nH]cnc1=S. The molecule has 0 spiro atoms. The van der Waals surface area contributed by atoms with Gasteiger partial charge in [-0.1, -0.05) is 12.2 Å². The molecule has 0 radical (unpaired) electrons. The molecule has 0 aliphatic rings. The number of halogens is 1. The summed E-state index contributed by atoms with van der Waals surface area (Å²) in [6.45, 7) is 1.81. The molecule has 0 atom stereocenters. The van der Waals surface area contributed by atoms with Gasteiger partial charge in [-0.3, -0.25) is 4.98 Å². The van der Waals surface area contributed by atoms with Crippen molar-refractivity contribution in [2.75, 3.05) is 0 Å². The Labute approximate surface area is 91.0 Å². The Kier molecular flexibility index (Phi) is 2.55. The number of nitrogens with one attached hydrogen (secondary N) is 1. The van der Waals surface area contributed by atoms with Crippen molar-refractivity contribution < 1.29 is 4.39 Å². The lowest BCUT2D eigenvalue weighted by molar-refractivity contribution is 0.624. The largest absolute Gasteiger partial charge is 0.345 e. The summed E-state index contributed by atoms with van der Waals surface area (Å²) in [5.41, 5.74) is 1.86. The molecule has 0 saturated carbocycles. The lowest BCUT2D eigenvalue weighted by Crippen LogP contribution is -1.94. The summed E-state index contributed by atoms with van der Waals surface area (Å²) in [6.07, 6.45) is 4.17. The fraction of sp³-hybridized carbons (Fsp3) is 0.100. The van der Waals surface area contributed by atoms with Gasteiger partial charge in [0, 0.05) is 17.3 Å². The van der Waals surface area contributed by atoms with Gasteiger partial charge in [-0.2, -0.15) is 0 Å². The molecule has 0 amide bonds. The van der Waals surface area contributed by atoms with E-state index in [9.17, 15) is 4.39 Å². The zero-order chi connectivity index (χ0) is 10.8. The van der Waals surface area contributed by atoms with Crippen molar-refractivity contribution in [1.29, 1.82) is 0 Å². The van der Waals surface area contributed by atoms with Crippen LogP contribution in [0.4, 0.5) is 4.39 Å². The van der Waals surface area contributed by atoms with Gasteiger partial charge in [-0.25, -0.2) is 9.37 Å². The molecule has 2 aromatic rings. The fourth-order valence-corrected chi connectivity index (χ4v) is 1.48. The Morgan fingerprint density at radius 3 is 3.00 bits per heavy atom. The van der Waals surface area contributed by atoms with E-state index < -0.39 is 0 Å². The Balaban J connectivity index is 2.70. The summed E-state index contributed by atoms with van der Waals surface area (Å²) in [5.74, 6) is -0.377. The maximum atomic E-state index is 13.5. The molecule has 0 aromatic carbocycles. The molecule has 0 fully saturated rings. The van der Waals surface area contributed by atoms with Crippen LogP contribution in [-0.2, 0) is 0 Å². The monoisotopic (exact) mass is 221 g/mol. The minimum absolute atomic E-state index is 0.377. The second-order valence-electron chi connectivity index (χ2n) is 3.06. The van der Waals surface area contributed by atoms with Crippen molar-refractivity contribution in [2.45, 2.75) is 6.92 Å². The average Bonchev–Trinajstić information content (AvgIpc) is 2.23. The zero-order valence-electron chi connectivity index (χ0n) is 7.99. The first kappa shape index (κ1) is 9.92. The molecule has 1 N–H and O–H groups in total. The fourth-order valence-electron chi connectivity index (χ4n) is 1.33. The first-order valence-corrected chi connectivity index (χ1v) is 4.75. The van der Waals surface area contributed by atoms with Gasteiger partial charge in [0.25, 0.3) is 0 Å². The molecule has 0 bridgehead atoms. The molecular weight excluding hydrogens is 213 g/mol. The highest BCUT2D eigenvalue weighted by atomic mass is 32.1. The van der Waals surface area contributed by atoms with Crippen LogP contribution in [0.1, 0.15) is 5.56 Å². The third kappa shape index (κ3) is 1.78. The number of aromatic nitrogens is 3. The molecule has 2 heterocycles. The highest BCUT2D eigenvalue weighted by molar-refractivity contribution is 7.71. The van der Waals surface area contributed by atoms with Crippen LogP contribution in [0.15, 0.2) is 24.8 Å². The average molecular weight is 221 g/mol. The van der Waals surface area contributed by atoms with E-state index in [-0.39, 0.29) is 5.82 Å². The summed E-state index contributed by atoms with van der Waals surface area (Å²) < 4.78 is 13.9. The maximum Gasteiger partial charge on any atom is 0.150 e. The first-order chi connectivity index (χ1) is 7.20. The second-order valence-corrected chi connectivity index (χ2v) is 3.45. The van der Waals surface area contributed by atoms with Gasteiger partial charge >= 0.3 is 0 Å². The van der Waals surface area contributed by atoms with Crippen LogP contribution in [-0.4, -0.2) is 15.0 Å². The van der Waals surface area contributed by atoms with E-state index in [4.69, 9.17) is 12.2 Å². The minimum atomic E-state index is -0.377. The van der Waals surface area contributed by atoms with Crippen LogP contribution in [0.3, 0.4) is 0 Å². The van der Waals surface area contributed by atoms with Crippen molar-refractivity contribution in [3.63, 3.8) is 0 Å². The molecule has 2 rings (SSSR count). The van der Waals surface area contributed by atoms with Crippen LogP contribution < -0.4 is 0 Å². The van der Waals surface area contributed by atoms with Gasteiger partial charge in [0.2, 0.25) is 0 Å². The highest BCUT2D eigenvalue weighted by Crippen LogP contribution is 2.22. The molecule has 0 aliphatic heterocycles. The molecule has 0 saturated heterocycles. The Hall–Kier alpha value is -1.62.